The van der Waals surface area contributed by atoms with Crippen molar-refractivity contribution in [1.82, 2.24) is 10.2 Å². The van der Waals surface area contributed by atoms with Gasteiger partial charge < -0.3 is 4.90 Å². The molecule has 0 bridgehead atoms. The second-order valence-corrected chi connectivity index (χ2v) is 8.07. The van der Waals surface area contributed by atoms with E-state index in [1.54, 1.807) is 4.90 Å². The zero-order valence-electron chi connectivity index (χ0n) is 12.3. The van der Waals surface area contributed by atoms with Gasteiger partial charge in [0.2, 0.25) is 5.91 Å². The largest absolute Gasteiger partial charge is 0.325 e. The first-order valence-corrected chi connectivity index (χ1v) is 9.05. The molecule has 6 heteroatoms. The van der Waals surface area contributed by atoms with Gasteiger partial charge in [0.05, 0.1) is 18.0 Å². The van der Waals surface area contributed by atoms with Crippen molar-refractivity contribution in [3.8, 4) is 0 Å². The fourth-order valence-electron chi connectivity index (χ4n) is 2.41. The monoisotopic (exact) mass is 290 g/mol. The smallest absolute Gasteiger partial charge is 0.241 e. The van der Waals surface area contributed by atoms with Gasteiger partial charge >= 0.3 is 0 Å². The topological polar surface area (TPSA) is 66.5 Å². The molecule has 0 aromatic heterocycles. The summed E-state index contributed by atoms with van der Waals surface area (Å²) in [5, 5.41) is 3.34. The van der Waals surface area contributed by atoms with Crippen molar-refractivity contribution in [3.05, 3.63) is 0 Å². The molecule has 0 aromatic rings. The molecule has 1 saturated heterocycles. The van der Waals surface area contributed by atoms with Crippen LogP contribution in [0.3, 0.4) is 0 Å². The third kappa shape index (κ3) is 5.10. The minimum Gasteiger partial charge on any atom is -0.325 e. The summed E-state index contributed by atoms with van der Waals surface area (Å²) in [6.07, 6.45) is 3.80. The highest BCUT2D eigenvalue weighted by Gasteiger charge is 2.38. The molecule has 1 fully saturated rings. The van der Waals surface area contributed by atoms with E-state index in [2.05, 4.69) is 19.2 Å². The van der Waals surface area contributed by atoms with Crippen molar-refractivity contribution >= 4 is 15.7 Å². The summed E-state index contributed by atoms with van der Waals surface area (Å²) in [4.78, 5) is 14.0. The molecule has 1 rings (SSSR count). The summed E-state index contributed by atoms with van der Waals surface area (Å²) in [6.45, 7) is 6.55. The second kappa shape index (κ2) is 6.70. The zero-order chi connectivity index (χ0) is 14.6. The van der Waals surface area contributed by atoms with Crippen LogP contribution in [-0.2, 0) is 14.6 Å². The van der Waals surface area contributed by atoms with E-state index in [0.717, 1.165) is 19.3 Å². The third-order valence-corrected chi connectivity index (χ3v) is 4.25. The molecule has 0 aliphatic carbocycles. The molecule has 1 aliphatic heterocycles. The first-order chi connectivity index (χ1) is 8.74. The molecule has 1 aliphatic rings. The SMILES string of the molecule is CCCC1NC(CC(C)C)N(CCS(C)(=O)=O)C1=O. The van der Waals surface area contributed by atoms with Crippen LogP contribution in [0.1, 0.15) is 40.0 Å². The van der Waals surface area contributed by atoms with Crippen LogP contribution in [0.15, 0.2) is 0 Å². The number of carbonyl (C=O) groups excluding carboxylic acids is 1. The van der Waals surface area contributed by atoms with Crippen molar-refractivity contribution in [2.45, 2.75) is 52.2 Å². The lowest BCUT2D eigenvalue weighted by atomic mass is 10.1. The van der Waals surface area contributed by atoms with Gasteiger partial charge in [-0.15, -0.1) is 0 Å². The first-order valence-electron chi connectivity index (χ1n) is 6.98. The van der Waals surface area contributed by atoms with E-state index in [9.17, 15) is 13.2 Å². The summed E-state index contributed by atoms with van der Waals surface area (Å²) < 4.78 is 22.5. The number of nitrogens with zero attached hydrogens (tertiary/aromatic N) is 1. The Bertz CT molecular complexity index is 406. The minimum atomic E-state index is -3.04. The molecule has 112 valence electrons. The average Bonchev–Trinajstić information content (AvgIpc) is 2.52. The van der Waals surface area contributed by atoms with Crippen LogP contribution in [0.2, 0.25) is 0 Å². The second-order valence-electron chi connectivity index (χ2n) is 5.81. The van der Waals surface area contributed by atoms with Gasteiger partial charge in [-0.25, -0.2) is 8.42 Å². The molecule has 5 nitrogen and oxygen atoms in total. The summed E-state index contributed by atoms with van der Waals surface area (Å²) in [5.41, 5.74) is 0. The molecule has 2 atom stereocenters. The van der Waals surface area contributed by atoms with Crippen LogP contribution in [-0.4, -0.2) is 50.0 Å². The van der Waals surface area contributed by atoms with E-state index in [1.807, 2.05) is 6.92 Å². The average molecular weight is 290 g/mol. The van der Waals surface area contributed by atoms with Crippen molar-refractivity contribution in [1.29, 1.82) is 0 Å². The van der Waals surface area contributed by atoms with Gasteiger partial charge in [-0.2, -0.15) is 0 Å². The van der Waals surface area contributed by atoms with E-state index in [4.69, 9.17) is 0 Å². The fraction of sp³-hybridized carbons (Fsp3) is 0.923. The molecule has 0 spiro atoms. The van der Waals surface area contributed by atoms with Gasteiger partial charge in [0.25, 0.3) is 0 Å². The lowest BCUT2D eigenvalue weighted by Gasteiger charge is -2.25. The van der Waals surface area contributed by atoms with Crippen LogP contribution in [0.25, 0.3) is 0 Å². The quantitative estimate of drug-likeness (QED) is 0.760. The Labute approximate surface area is 116 Å². The van der Waals surface area contributed by atoms with Gasteiger partial charge in [-0.1, -0.05) is 27.2 Å². The first kappa shape index (κ1) is 16.4. The Hall–Kier alpha value is -0.620. The van der Waals surface area contributed by atoms with E-state index in [0.29, 0.717) is 12.5 Å². The molecule has 1 heterocycles. The molecule has 1 N–H and O–H groups in total. The minimum absolute atomic E-state index is 0.0224. The molecule has 1 amide bonds. The van der Waals surface area contributed by atoms with Crippen molar-refractivity contribution in [3.63, 3.8) is 0 Å². The van der Waals surface area contributed by atoms with Crippen LogP contribution in [0, 0.1) is 5.92 Å². The van der Waals surface area contributed by atoms with Gasteiger partial charge in [0, 0.05) is 12.8 Å². The Balaban J connectivity index is 2.73. The highest BCUT2D eigenvalue weighted by atomic mass is 32.2. The maximum atomic E-state index is 12.3. The normalized spacial score (nSPS) is 24.5. The number of sulfone groups is 1. The lowest BCUT2D eigenvalue weighted by molar-refractivity contribution is -0.130. The molecular formula is C13H26N2O3S. The molecule has 0 aromatic carbocycles. The van der Waals surface area contributed by atoms with Crippen LogP contribution < -0.4 is 5.32 Å². The number of rotatable bonds is 7. The summed E-state index contributed by atoms with van der Waals surface area (Å²) in [7, 11) is -3.04. The number of hydrogen-bond acceptors (Lipinski definition) is 4. The van der Waals surface area contributed by atoms with Gasteiger partial charge in [0.1, 0.15) is 9.84 Å². The molecule has 19 heavy (non-hydrogen) atoms. The fourth-order valence-corrected chi connectivity index (χ4v) is 2.94. The predicted octanol–water partition coefficient (Wildman–Crippen LogP) is 1.00. The van der Waals surface area contributed by atoms with Crippen molar-refractivity contribution in [2.24, 2.45) is 5.92 Å². The molecular weight excluding hydrogens is 264 g/mol. The molecule has 0 radical (unpaired) electrons. The van der Waals surface area contributed by atoms with Crippen LogP contribution >= 0.6 is 0 Å². The van der Waals surface area contributed by atoms with Gasteiger partial charge in [0.15, 0.2) is 0 Å². The Kier molecular flexibility index (Phi) is 5.80. The lowest BCUT2D eigenvalue weighted by Crippen LogP contribution is -2.40. The number of amides is 1. The maximum absolute atomic E-state index is 12.3. The van der Waals surface area contributed by atoms with E-state index in [1.165, 1.54) is 6.26 Å². The number of nitrogens with one attached hydrogen (secondary N) is 1. The summed E-state index contributed by atoms with van der Waals surface area (Å²) in [5.74, 6) is 0.552. The predicted molar refractivity (Wildman–Crippen MR) is 76.5 cm³/mol. The summed E-state index contributed by atoms with van der Waals surface area (Å²) in [6, 6.07) is -0.145. The van der Waals surface area contributed by atoms with E-state index >= 15 is 0 Å². The maximum Gasteiger partial charge on any atom is 0.241 e. The number of carbonyl (C=O) groups is 1. The molecule has 0 saturated carbocycles. The highest BCUT2D eigenvalue weighted by molar-refractivity contribution is 7.90. The molecule has 2 unspecified atom stereocenters. The van der Waals surface area contributed by atoms with Crippen LogP contribution in [0.5, 0.6) is 0 Å². The summed E-state index contributed by atoms with van der Waals surface area (Å²) >= 11 is 0. The Morgan fingerprint density at radius 3 is 2.47 bits per heavy atom. The van der Waals surface area contributed by atoms with Crippen molar-refractivity contribution in [2.75, 3.05) is 18.6 Å². The zero-order valence-corrected chi connectivity index (χ0v) is 13.2. The van der Waals surface area contributed by atoms with Crippen LogP contribution in [0.4, 0.5) is 0 Å². The Morgan fingerprint density at radius 2 is 2.00 bits per heavy atom. The third-order valence-electron chi connectivity index (χ3n) is 3.33. The number of hydrogen-bond donors (Lipinski definition) is 1. The Morgan fingerprint density at radius 1 is 1.37 bits per heavy atom. The highest BCUT2D eigenvalue weighted by Crippen LogP contribution is 2.19. The van der Waals surface area contributed by atoms with E-state index < -0.39 is 9.84 Å². The standard InChI is InChI=1S/C13H26N2O3S/c1-5-6-11-13(16)15(7-8-19(4,17)18)12(14-11)9-10(2)3/h10-12,14H,5-9H2,1-4H3. The van der Waals surface area contributed by atoms with Gasteiger partial charge in [-0.05, 0) is 18.8 Å². The van der Waals surface area contributed by atoms with Crippen molar-refractivity contribution < 1.29 is 13.2 Å². The van der Waals surface area contributed by atoms with Gasteiger partial charge in [-0.3, -0.25) is 10.1 Å². The van der Waals surface area contributed by atoms with E-state index in [-0.39, 0.29) is 23.9 Å².